The molecule has 7 nitrogen and oxygen atoms in total. The normalized spacial score (nSPS) is 10.4. The molecule has 0 spiro atoms. The molecule has 0 bridgehead atoms. The smallest absolute Gasteiger partial charge is 0.251 e. The third-order valence-corrected chi connectivity index (χ3v) is 4.97. The summed E-state index contributed by atoms with van der Waals surface area (Å²) in [6.45, 7) is 0.879. The third kappa shape index (κ3) is 6.74. The van der Waals surface area contributed by atoms with E-state index in [2.05, 4.69) is 16.0 Å². The monoisotopic (exact) mass is 455 g/mol. The van der Waals surface area contributed by atoms with E-state index in [4.69, 9.17) is 9.15 Å². The molecule has 0 aliphatic rings. The molecule has 3 aromatic carbocycles. The Kier molecular flexibility index (Phi) is 7.58. The molecule has 7 heteroatoms. The van der Waals surface area contributed by atoms with Crippen molar-refractivity contribution in [1.82, 2.24) is 5.32 Å². The van der Waals surface area contributed by atoms with Crippen molar-refractivity contribution in [3.63, 3.8) is 0 Å². The molecule has 2 amide bonds. The summed E-state index contributed by atoms with van der Waals surface area (Å²) >= 11 is 0. The van der Waals surface area contributed by atoms with Crippen LogP contribution in [0.3, 0.4) is 0 Å². The van der Waals surface area contributed by atoms with Gasteiger partial charge in [0.15, 0.2) is 0 Å². The molecule has 1 heterocycles. The van der Waals surface area contributed by atoms with Gasteiger partial charge < -0.3 is 25.1 Å². The van der Waals surface area contributed by atoms with Crippen molar-refractivity contribution in [3.8, 4) is 5.75 Å². The number of hydrogen-bond donors (Lipinski definition) is 3. The molecule has 0 fully saturated rings. The Morgan fingerprint density at radius 1 is 0.824 bits per heavy atom. The van der Waals surface area contributed by atoms with Crippen LogP contribution in [-0.4, -0.2) is 18.4 Å². The molecule has 1 aromatic heterocycles. The van der Waals surface area contributed by atoms with E-state index in [1.54, 1.807) is 42.7 Å². The van der Waals surface area contributed by atoms with Crippen molar-refractivity contribution in [2.45, 2.75) is 13.2 Å². The van der Waals surface area contributed by atoms with Crippen molar-refractivity contribution in [2.24, 2.45) is 0 Å². The number of amides is 2. The highest BCUT2D eigenvalue weighted by molar-refractivity contribution is 5.96. The van der Waals surface area contributed by atoms with Gasteiger partial charge in [0.25, 0.3) is 5.91 Å². The highest BCUT2D eigenvalue weighted by Gasteiger charge is 2.08. The van der Waals surface area contributed by atoms with Crippen LogP contribution in [0.15, 0.2) is 102 Å². The lowest BCUT2D eigenvalue weighted by Crippen LogP contribution is -2.23. The maximum Gasteiger partial charge on any atom is 0.251 e. The fourth-order valence-electron chi connectivity index (χ4n) is 3.21. The van der Waals surface area contributed by atoms with Crippen LogP contribution in [0.25, 0.3) is 0 Å². The summed E-state index contributed by atoms with van der Waals surface area (Å²) in [5.41, 5.74) is 2.97. The number of ether oxygens (including phenoxy) is 1. The lowest BCUT2D eigenvalue weighted by Gasteiger charge is -2.11. The lowest BCUT2D eigenvalue weighted by molar-refractivity contribution is -0.114. The molecule has 0 atom stereocenters. The van der Waals surface area contributed by atoms with Crippen molar-refractivity contribution in [1.29, 1.82) is 0 Å². The molecule has 0 aliphatic carbocycles. The van der Waals surface area contributed by atoms with Gasteiger partial charge in [0, 0.05) is 23.0 Å². The van der Waals surface area contributed by atoms with Gasteiger partial charge in [-0.05, 0) is 54.1 Å². The predicted octanol–water partition coefficient (Wildman–Crippen LogP) is 4.84. The van der Waals surface area contributed by atoms with Gasteiger partial charge >= 0.3 is 0 Å². The Hall–Kier alpha value is -4.52. The van der Waals surface area contributed by atoms with Crippen molar-refractivity contribution in [3.05, 3.63) is 114 Å². The Morgan fingerprint density at radius 3 is 2.41 bits per heavy atom. The molecular weight excluding hydrogens is 430 g/mol. The topological polar surface area (TPSA) is 92.6 Å². The minimum absolute atomic E-state index is 0.0908. The molecule has 0 saturated heterocycles. The number of rotatable bonds is 10. The number of benzene rings is 3. The van der Waals surface area contributed by atoms with Crippen molar-refractivity contribution in [2.75, 3.05) is 17.2 Å². The van der Waals surface area contributed by atoms with Crippen LogP contribution in [0.4, 0.5) is 11.4 Å². The molecule has 34 heavy (non-hydrogen) atoms. The Morgan fingerprint density at radius 2 is 1.65 bits per heavy atom. The summed E-state index contributed by atoms with van der Waals surface area (Å²) < 4.78 is 11.0. The van der Waals surface area contributed by atoms with E-state index in [0.717, 1.165) is 17.0 Å². The van der Waals surface area contributed by atoms with Crippen LogP contribution in [0.2, 0.25) is 0 Å². The van der Waals surface area contributed by atoms with Gasteiger partial charge in [0.05, 0.1) is 19.4 Å². The zero-order chi connectivity index (χ0) is 23.6. The second-order valence-corrected chi connectivity index (χ2v) is 7.54. The van der Waals surface area contributed by atoms with Gasteiger partial charge in [-0.2, -0.15) is 0 Å². The fraction of sp³-hybridized carbons (Fsp3) is 0.111. The molecule has 172 valence electrons. The van der Waals surface area contributed by atoms with Gasteiger partial charge in [-0.3, -0.25) is 9.59 Å². The summed E-state index contributed by atoms with van der Waals surface area (Å²) in [4.78, 5) is 24.6. The summed E-state index contributed by atoms with van der Waals surface area (Å²) in [6, 6.07) is 27.7. The zero-order valence-electron chi connectivity index (χ0n) is 18.5. The first-order chi connectivity index (χ1) is 16.7. The first-order valence-corrected chi connectivity index (χ1v) is 10.9. The van der Waals surface area contributed by atoms with E-state index >= 15 is 0 Å². The number of carbonyl (C=O) groups is 2. The van der Waals surface area contributed by atoms with E-state index in [-0.39, 0.29) is 18.4 Å². The van der Waals surface area contributed by atoms with E-state index in [1.807, 2.05) is 54.6 Å². The van der Waals surface area contributed by atoms with Gasteiger partial charge in [-0.15, -0.1) is 0 Å². The van der Waals surface area contributed by atoms with Crippen LogP contribution >= 0.6 is 0 Å². The highest BCUT2D eigenvalue weighted by Crippen LogP contribution is 2.18. The molecule has 0 aliphatic heterocycles. The first-order valence-electron chi connectivity index (χ1n) is 10.9. The average molecular weight is 456 g/mol. The van der Waals surface area contributed by atoms with Gasteiger partial charge in [0.1, 0.15) is 18.1 Å². The minimum Gasteiger partial charge on any atom is -0.489 e. The van der Waals surface area contributed by atoms with Gasteiger partial charge in [-0.1, -0.05) is 36.4 Å². The summed E-state index contributed by atoms with van der Waals surface area (Å²) in [5.74, 6) is 0.976. The van der Waals surface area contributed by atoms with Crippen LogP contribution in [-0.2, 0) is 17.9 Å². The van der Waals surface area contributed by atoms with Crippen LogP contribution in [0.5, 0.6) is 5.75 Å². The first kappa shape index (κ1) is 22.7. The quantitative estimate of drug-likeness (QED) is 0.318. The van der Waals surface area contributed by atoms with Crippen molar-refractivity contribution >= 4 is 23.2 Å². The van der Waals surface area contributed by atoms with E-state index in [1.165, 1.54) is 0 Å². The zero-order valence-corrected chi connectivity index (χ0v) is 18.5. The molecule has 4 rings (SSSR count). The molecule has 4 aromatic rings. The number of hydrogen-bond acceptors (Lipinski definition) is 5. The maximum atomic E-state index is 12.3. The van der Waals surface area contributed by atoms with Crippen molar-refractivity contribution < 1.29 is 18.7 Å². The Balaban J connectivity index is 1.22. The van der Waals surface area contributed by atoms with Crippen LogP contribution in [0, 0.1) is 0 Å². The average Bonchev–Trinajstić information content (AvgIpc) is 3.40. The predicted molar refractivity (Wildman–Crippen MR) is 131 cm³/mol. The highest BCUT2D eigenvalue weighted by atomic mass is 16.5. The SMILES string of the molecule is O=C(CNc1cccc(OCc2ccccc2)c1)Nc1ccc(C(=O)NCc2ccco2)cc1. The van der Waals surface area contributed by atoms with E-state index in [0.29, 0.717) is 30.2 Å². The van der Waals surface area contributed by atoms with Gasteiger partial charge in [-0.25, -0.2) is 0 Å². The summed E-state index contributed by atoms with van der Waals surface area (Å²) in [5, 5.41) is 8.69. The minimum atomic E-state index is -0.217. The number of nitrogens with one attached hydrogen (secondary N) is 3. The van der Waals surface area contributed by atoms with E-state index in [9.17, 15) is 9.59 Å². The standard InChI is InChI=1S/C27H25N3O4/c31-26(18-28-23-8-4-9-24(16-23)34-19-20-6-2-1-3-7-20)30-22-13-11-21(12-14-22)27(32)29-17-25-10-5-15-33-25/h1-16,28H,17-19H2,(H,29,32)(H,30,31). The van der Waals surface area contributed by atoms with Crippen LogP contribution < -0.4 is 20.7 Å². The molecule has 0 unspecified atom stereocenters. The molecule has 0 saturated carbocycles. The largest absolute Gasteiger partial charge is 0.489 e. The van der Waals surface area contributed by atoms with Crippen LogP contribution in [0.1, 0.15) is 21.7 Å². The molecule has 0 radical (unpaired) electrons. The molecule has 3 N–H and O–H groups in total. The summed E-state index contributed by atoms with van der Waals surface area (Å²) in [7, 11) is 0. The maximum absolute atomic E-state index is 12.3. The lowest BCUT2D eigenvalue weighted by atomic mass is 10.2. The van der Waals surface area contributed by atoms with Gasteiger partial charge in [0.2, 0.25) is 5.91 Å². The number of anilines is 2. The molecular formula is C27H25N3O4. The number of furan rings is 1. The summed E-state index contributed by atoms with van der Waals surface area (Å²) in [6.07, 6.45) is 1.56. The Labute approximate surface area is 197 Å². The third-order valence-electron chi connectivity index (χ3n) is 4.97. The fourth-order valence-corrected chi connectivity index (χ4v) is 3.21. The van der Waals surface area contributed by atoms with E-state index < -0.39 is 0 Å². The Bertz CT molecular complexity index is 1210. The number of carbonyl (C=O) groups excluding carboxylic acids is 2. The second kappa shape index (κ2) is 11.4. The second-order valence-electron chi connectivity index (χ2n) is 7.54.